The van der Waals surface area contributed by atoms with Gasteiger partial charge in [0, 0.05) is 24.0 Å². The summed E-state index contributed by atoms with van der Waals surface area (Å²) in [6.07, 6.45) is 7.86. The van der Waals surface area contributed by atoms with Crippen molar-refractivity contribution in [3.8, 4) is 0 Å². The SMILES string of the molecule is O=C1S/C(=C\c2cccc(Cl)c2)C(=O)N1CC(=O)N1CCCCC1c1cccnc1. The maximum atomic E-state index is 13.1. The highest BCUT2D eigenvalue weighted by Crippen LogP contribution is 2.34. The fraction of sp³-hybridized carbons (Fsp3) is 0.273. The van der Waals surface area contributed by atoms with Crippen LogP contribution in [0.3, 0.4) is 0 Å². The van der Waals surface area contributed by atoms with E-state index in [0.717, 1.165) is 47.1 Å². The minimum Gasteiger partial charge on any atom is -0.334 e. The number of hydrogen-bond donors (Lipinski definition) is 0. The molecule has 30 heavy (non-hydrogen) atoms. The molecule has 0 saturated carbocycles. The summed E-state index contributed by atoms with van der Waals surface area (Å²) in [4.78, 5) is 45.5. The fourth-order valence-corrected chi connectivity index (χ4v) is 4.80. The number of imide groups is 1. The van der Waals surface area contributed by atoms with Crippen molar-refractivity contribution in [3.05, 3.63) is 69.8 Å². The normalized spacial score (nSPS) is 20.8. The summed E-state index contributed by atoms with van der Waals surface area (Å²) in [6, 6.07) is 10.8. The second-order valence-corrected chi connectivity index (χ2v) is 8.64. The van der Waals surface area contributed by atoms with E-state index >= 15 is 0 Å². The van der Waals surface area contributed by atoms with Crippen LogP contribution in [0, 0.1) is 0 Å². The van der Waals surface area contributed by atoms with E-state index in [0.29, 0.717) is 11.6 Å². The lowest BCUT2D eigenvalue weighted by atomic mass is 9.96. The van der Waals surface area contributed by atoms with Gasteiger partial charge in [-0.3, -0.25) is 24.3 Å². The van der Waals surface area contributed by atoms with Gasteiger partial charge in [-0.2, -0.15) is 0 Å². The van der Waals surface area contributed by atoms with Crippen molar-refractivity contribution in [1.82, 2.24) is 14.8 Å². The molecule has 0 N–H and O–H groups in total. The van der Waals surface area contributed by atoms with Crippen molar-refractivity contribution in [1.29, 1.82) is 0 Å². The number of pyridine rings is 1. The molecule has 1 atom stereocenters. The highest BCUT2D eigenvalue weighted by Gasteiger charge is 2.38. The Kier molecular flexibility index (Phi) is 6.20. The zero-order chi connectivity index (χ0) is 21.1. The summed E-state index contributed by atoms with van der Waals surface area (Å²) >= 11 is 6.83. The van der Waals surface area contributed by atoms with Crippen LogP contribution in [0.5, 0.6) is 0 Å². The lowest BCUT2D eigenvalue weighted by Gasteiger charge is -2.36. The number of amides is 3. The van der Waals surface area contributed by atoms with Crippen molar-refractivity contribution in [3.63, 3.8) is 0 Å². The number of likely N-dealkylation sites (tertiary alicyclic amines) is 1. The summed E-state index contributed by atoms with van der Waals surface area (Å²) in [5.74, 6) is -0.678. The van der Waals surface area contributed by atoms with Gasteiger partial charge in [0.05, 0.1) is 10.9 Å². The minimum atomic E-state index is -0.451. The second kappa shape index (κ2) is 9.02. The number of nitrogens with zero attached hydrogens (tertiary/aromatic N) is 3. The first-order valence-corrected chi connectivity index (χ1v) is 10.9. The van der Waals surface area contributed by atoms with Gasteiger partial charge in [-0.1, -0.05) is 29.8 Å². The second-order valence-electron chi connectivity index (χ2n) is 7.21. The third-order valence-corrected chi connectivity index (χ3v) is 6.35. The van der Waals surface area contributed by atoms with Crippen LogP contribution in [-0.4, -0.2) is 44.9 Å². The molecule has 1 unspecified atom stereocenters. The van der Waals surface area contributed by atoms with Gasteiger partial charge in [0.1, 0.15) is 6.54 Å². The van der Waals surface area contributed by atoms with Crippen molar-refractivity contribution in [2.24, 2.45) is 0 Å². The molecule has 3 amide bonds. The molecule has 2 aliphatic heterocycles. The molecular weight excluding hydrogens is 422 g/mol. The molecule has 0 spiro atoms. The van der Waals surface area contributed by atoms with Gasteiger partial charge in [0.15, 0.2) is 0 Å². The maximum absolute atomic E-state index is 13.1. The third kappa shape index (κ3) is 4.42. The Morgan fingerprint density at radius 1 is 1.23 bits per heavy atom. The monoisotopic (exact) mass is 441 g/mol. The first-order chi connectivity index (χ1) is 14.5. The Morgan fingerprint density at radius 3 is 2.87 bits per heavy atom. The number of halogens is 1. The molecule has 2 fully saturated rings. The number of carbonyl (C=O) groups excluding carboxylic acids is 3. The number of rotatable bonds is 4. The van der Waals surface area contributed by atoms with Crippen molar-refractivity contribution in [2.45, 2.75) is 25.3 Å². The number of carbonyl (C=O) groups is 3. The van der Waals surface area contributed by atoms with Crippen LogP contribution in [0.1, 0.15) is 36.4 Å². The molecule has 8 heteroatoms. The summed E-state index contributed by atoms with van der Waals surface area (Å²) < 4.78 is 0. The van der Waals surface area contributed by atoms with Gasteiger partial charge in [-0.25, -0.2) is 0 Å². The molecule has 3 heterocycles. The van der Waals surface area contributed by atoms with Crippen LogP contribution in [-0.2, 0) is 9.59 Å². The molecule has 1 aromatic carbocycles. The molecule has 0 bridgehead atoms. The molecule has 0 radical (unpaired) electrons. The van der Waals surface area contributed by atoms with E-state index in [1.807, 2.05) is 12.1 Å². The number of hydrogen-bond acceptors (Lipinski definition) is 5. The largest absolute Gasteiger partial charge is 0.334 e. The zero-order valence-corrected chi connectivity index (χ0v) is 17.7. The predicted molar refractivity (Wildman–Crippen MR) is 117 cm³/mol. The Bertz CT molecular complexity index is 1010. The van der Waals surface area contributed by atoms with Crippen LogP contribution in [0.15, 0.2) is 53.7 Å². The van der Waals surface area contributed by atoms with E-state index in [1.165, 1.54) is 0 Å². The number of thioether (sulfide) groups is 1. The molecule has 1 aromatic heterocycles. The van der Waals surface area contributed by atoms with Crippen molar-refractivity contribution < 1.29 is 14.4 Å². The molecule has 2 aromatic rings. The van der Waals surface area contributed by atoms with Crippen molar-refractivity contribution >= 4 is 46.5 Å². The number of aromatic nitrogens is 1. The Labute approximate surface area is 183 Å². The molecular formula is C22H20ClN3O3S. The third-order valence-electron chi connectivity index (χ3n) is 5.21. The van der Waals surface area contributed by atoms with E-state index in [1.54, 1.807) is 47.6 Å². The van der Waals surface area contributed by atoms with Crippen LogP contribution in [0.4, 0.5) is 4.79 Å². The molecule has 4 rings (SSSR count). The number of benzene rings is 1. The van der Waals surface area contributed by atoms with Crippen LogP contribution >= 0.6 is 23.4 Å². The van der Waals surface area contributed by atoms with Crippen LogP contribution in [0.25, 0.3) is 6.08 Å². The zero-order valence-electron chi connectivity index (χ0n) is 16.2. The van der Waals surface area contributed by atoms with Gasteiger partial charge in [-0.15, -0.1) is 0 Å². The average molecular weight is 442 g/mol. The van der Waals surface area contributed by atoms with E-state index in [4.69, 9.17) is 11.6 Å². The minimum absolute atomic E-state index is 0.0816. The van der Waals surface area contributed by atoms with Gasteiger partial charge in [-0.05, 0) is 66.4 Å². The summed E-state index contributed by atoms with van der Waals surface area (Å²) in [5, 5.41) is 0.112. The van der Waals surface area contributed by atoms with E-state index in [9.17, 15) is 14.4 Å². The van der Waals surface area contributed by atoms with E-state index in [-0.39, 0.29) is 23.4 Å². The van der Waals surface area contributed by atoms with Crippen LogP contribution in [0.2, 0.25) is 5.02 Å². The van der Waals surface area contributed by atoms with Gasteiger partial charge in [0.2, 0.25) is 5.91 Å². The summed E-state index contributed by atoms with van der Waals surface area (Å²) in [5.41, 5.74) is 1.70. The first-order valence-electron chi connectivity index (χ1n) is 9.73. The average Bonchev–Trinajstić information content (AvgIpc) is 3.01. The molecule has 0 aliphatic carbocycles. The molecule has 2 aliphatic rings. The predicted octanol–water partition coefficient (Wildman–Crippen LogP) is 4.53. The lowest BCUT2D eigenvalue weighted by Crippen LogP contribution is -2.45. The Balaban J connectivity index is 1.49. The Hall–Kier alpha value is -2.64. The topological polar surface area (TPSA) is 70.6 Å². The fourth-order valence-electron chi connectivity index (χ4n) is 3.76. The highest BCUT2D eigenvalue weighted by molar-refractivity contribution is 8.18. The smallest absolute Gasteiger partial charge is 0.294 e. The number of piperidine rings is 1. The van der Waals surface area contributed by atoms with E-state index in [2.05, 4.69) is 4.98 Å². The van der Waals surface area contributed by atoms with Gasteiger partial charge < -0.3 is 4.90 Å². The lowest BCUT2D eigenvalue weighted by molar-refractivity contribution is -0.138. The van der Waals surface area contributed by atoms with Crippen molar-refractivity contribution in [2.75, 3.05) is 13.1 Å². The quantitative estimate of drug-likeness (QED) is 0.652. The van der Waals surface area contributed by atoms with E-state index < -0.39 is 11.1 Å². The van der Waals surface area contributed by atoms with Gasteiger partial charge in [0.25, 0.3) is 11.1 Å². The maximum Gasteiger partial charge on any atom is 0.294 e. The summed E-state index contributed by atoms with van der Waals surface area (Å²) in [6.45, 7) is 0.348. The highest BCUT2D eigenvalue weighted by atomic mass is 35.5. The molecule has 154 valence electrons. The van der Waals surface area contributed by atoms with Gasteiger partial charge >= 0.3 is 0 Å². The first kappa shape index (κ1) is 20.6. The standard InChI is InChI=1S/C22H20ClN3O3S/c23-17-7-3-5-15(11-17)12-19-21(28)26(22(29)30-19)14-20(27)25-10-2-1-8-18(25)16-6-4-9-24-13-16/h3-7,9,11-13,18H,1-2,8,10,14H2/b19-12-. The van der Waals surface area contributed by atoms with Crippen LogP contribution < -0.4 is 0 Å². The Morgan fingerprint density at radius 2 is 2.10 bits per heavy atom. The molecule has 2 saturated heterocycles. The summed E-state index contributed by atoms with van der Waals surface area (Å²) in [7, 11) is 0. The molecule has 6 nitrogen and oxygen atoms in total.